The Labute approximate surface area is 119 Å². The predicted molar refractivity (Wildman–Crippen MR) is 74.5 cm³/mol. The van der Waals surface area contributed by atoms with Crippen molar-refractivity contribution in [3.63, 3.8) is 0 Å². The van der Waals surface area contributed by atoms with Gasteiger partial charge in [0.25, 0.3) is 0 Å². The van der Waals surface area contributed by atoms with Gasteiger partial charge in [0.05, 0.1) is 31.6 Å². The molecule has 0 amide bonds. The molecule has 2 rings (SSSR count). The Bertz CT molecular complexity index is 378. The van der Waals surface area contributed by atoms with E-state index in [2.05, 4.69) is 22.2 Å². The molecular weight excluding hydrogens is 266 g/mol. The number of unbranched alkanes of at least 4 members (excludes halogenated alkanes) is 1. The number of hydrogen-bond donors (Lipinski definition) is 2. The summed E-state index contributed by atoms with van der Waals surface area (Å²) in [7, 11) is 0. The van der Waals surface area contributed by atoms with Gasteiger partial charge in [-0.25, -0.2) is 4.98 Å². The van der Waals surface area contributed by atoms with Gasteiger partial charge in [-0.05, 0) is 6.42 Å². The highest BCUT2D eigenvalue weighted by atomic mass is 35.5. The molecule has 19 heavy (non-hydrogen) atoms. The molecule has 1 aliphatic rings. The van der Waals surface area contributed by atoms with Crippen LogP contribution in [0.2, 0.25) is 5.15 Å². The summed E-state index contributed by atoms with van der Waals surface area (Å²) in [6, 6.07) is 0. The SMILES string of the molecule is CCCCc1nc(Cl)c(CNCC2COCCO2)[nH]1. The van der Waals surface area contributed by atoms with E-state index in [4.69, 9.17) is 21.1 Å². The van der Waals surface area contributed by atoms with E-state index in [-0.39, 0.29) is 6.10 Å². The standard InChI is InChI=1S/C13H22ClN3O2/c1-2-3-4-12-16-11(13(14)17-12)8-15-7-10-9-18-5-6-19-10/h10,15H,2-9H2,1H3,(H,16,17). The number of nitrogens with zero attached hydrogens (tertiary/aromatic N) is 1. The van der Waals surface area contributed by atoms with Gasteiger partial charge in [0.1, 0.15) is 5.82 Å². The Hall–Kier alpha value is -0.620. The normalized spacial score (nSPS) is 19.8. The monoisotopic (exact) mass is 287 g/mol. The van der Waals surface area contributed by atoms with Crippen molar-refractivity contribution in [1.82, 2.24) is 15.3 Å². The zero-order chi connectivity index (χ0) is 13.5. The maximum Gasteiger partial charge on any atom is 0.151 e. The maximum absolute atomic E-state index is 6.11. The number of imidazole rings is 1. The predicted octanol–water partition coefficient (Wildman–Crippen LogP) is 1.91. The van der Waals surface area contributed by atoms with Crippen LogP contribution < -0.4 is 5.32 Å². The molecule has 5 nitrogen and oxygen atoms in total. The number of aromatic nitrogens is 2. The first-order valence-electron chi connectivity index (χ1n) is 6.93. The van der Waals surface area contributed by atoms with Crippen LogP contribution in [0.15, 0.2) is 0 Å². The van der Waals surface area contributed by atoms with Crippen LogP contribution in [0, 0.1) is 0 Å². The molecule has 0 spiro atoms. The number of aryl methyl sites for hydroxylation is 1. The second kappa shape index (κ2) is 7.85. The number of rotatable bonds is 7. The molecule has 1 atom stereocenters. The lowest BCUT2D eigenvalue weighted by Gasteiger charge is -2.23. The van der Waals surface area contributed by atoms with Crippen molar-refractivity contribution in [2.24, 2.45) is 0 Å². The van der Waals surface area contributed by atoms with E-state index in [1.54, 1.807) is 0 Å². The minimum Gasteiger partial charge on any atom is -0.376 e. The van der Waals surface area contributed by atoms with Gasteiger partial charge >= 0.3 is 0 Å². The third-order valence-corrected chi connectivity index (χ3v) is 3.42. The van der Waals surface area contributed by atoms with E-state index in [0.717, 1.165) is 37.3 Å². The van der Waals surface area contributed by atoms with Gasteiger partial charge in [0.2, 0.25) is 0 Å². The Balaban J connectivity index is 1.73. The summed E-state index contributed by atoms with van der Waals surface area (Å²) in [4.78, 5) is 7.60. The van der Waals surface area contributed by atoms with E-state index in [1.165, 1.54) is 0 Å². The molecule has 6 heteroatoms. The summed E-state index contributed by atoms with van der Waals surface area (Å²) < 4.78 is 10.9. The molecule has 1 unspecified atom stereocenters. The molecule has 2 N–H and O–H groups in total. The van der Waals surface area contributed by atoms with E-state index in [0.29, 0.717) is 31.5 Å². The van der Waals surface area contributed by atoms with Crippen molar-refractivity contribution in [1.29, 1.82) is 0 Å². The Morgan fingerprint density at radius 1 is 1.47 bits per heavy atom. The van der Waals surface area contributed by atoms with E-state index in [1.807, 2.05) is 0 Å². The number of hydrogen-bond acceptors (Lipinski definition) is 4. The summed E-state index contributed by atoms with van der Waals surface area (Å²) in [5.74, 6) is 0.973. The molecule has 108 valence electrons. The number of halogens is 1. The largest absolute Gasteiger partial charge is 0.376 e. The second-order valence-electron chi connectivity index (χ2n) is 4.76. The summed E-state index contributed by atoms with van der Waals surface area (Å²) >= 11 is 6.11. The molecule has 0 aliphatic carbocycles. The molecule has 1 fully saturated rings. The van der Waals surface area contributed by atoms with Crippen LogP contribution in [-0.2, 0) is 22.4 Å². The fourth-order valence-corrected chi connectivity index (χ4v) is 2.25. The number of H-pyrrole nitrogens is 1. The third-order valence-electron chi connectivity index (χ3n) is 3.10. The number of ether oxygens (including phenoxy) is 2. The molecule has 1 aromatic heterocycles. The molecular formula is C13H22ClN3O2. The Kier molecular flexibility index (Phi) is 6.10. The third kappa shape index (κ3) is 4.76. The lowest BCUT2D eigenvalue weighted by molar-refractivity contribution is -0.0864. The molecule has 0 radical (unpaired) electrons. The van der Waals surface area contributed by atoms with Gasteiger partial charge in [-0.1, -0.05) is 24.9 Å². The van der Waals surface area contributed by atoms with Gasteiger partial charge < -0.3 is 19.8 Å². The Morgan fingerprint density at radius 2 is 2.37 bits per heavy atom. The van der Waals surface area contributed by atoms with Crippen molar-refractivity contribution >= 4 is 11.6 Å². The lowest BCUT2D eigenvalue weighted by Crippen LogP contribution is -2.37. The lowest BCUT2D eigenvalue weighted by atomic mass is 10.2. The highest BCUT2D eigenvalue weighted by molar-refractivity contribution is 6.30. The molecule has 1 saturated heterocycles. The van der Waals surface area contributed by atoms with Gasteiger partial charge in [0.15, 0.2) is 5.15 Å². The number of nitrogens with one attached hydrogen (secondary N) is 2. The first kappa shape index (κ1) is 14.8. The van der Waals surface area contributed by atoms with Crippen molar-refractivity contribution in [3.8, 4) is 0 Å². The molecule has 1 aromatic rings. The maximum atomic E-state index is 6.11. The van der Waals surface area contributed by atoms with E-state index >= 15 is 0 Å². The van der Waals surface area contributed by atoms with Crippen LogP contribution in [-0.4, -0.2) is 42.4 Å². The smallest absolute Gasteiger partial charge is 0.151 e. The number of aromatic amines is 1. The van der Waals surface area contributed by atoms with Gasteiger partial charge in [-0.3, -0.25) is 0 Å². The molecule has 1 aliphatic heterocycles. The summed E-state index contributed by atoms with van der Waals surface area (Å²) in [6.45, 7) is 5.64. The minimum atomic E-state index is 0.134. The summed E-state index contributed by atoms with van der Waals surface area (Å²) in [5.41, 5.74) is 0.949. The highest BCUT2D eigenvalue weighted by Gasteiger charge is 2.14. The van der Waals surface area contributed by atoms with Crippen LogP contribution in [0.1, 0.15) is 31.3 Å². The average molecular weight is 288 g/mol. The van der Waals surface area contributed by atoms with Crippen LogP contribution in [0.25, 0.3) is 0 Å². The average Bonchev–Trinajstić information content (AvgIpc) is 2.78. The van der Waals surface area contributed by atoms with Gasteiger partial charge in [-0.2, -0.15) is 0 Å². The second-order valence-corrected chi connectivity index (χ2v) is 5.11. The fraction of sp³-hybridized carbons (Fsp3) is 0.769. The van der Waals surface area contributed by atoms with Crippen LogP contribution >= 0.6 is 11.6 Å². The van der Waals surface area contributed by atoms with Crippen molar-refractivity contribution in [3.05, 3.63) is 16.7 Å². The van der Waals surface area contributed by atoms with Crippen LogP contribution in [0.3, 0.4) is 0 Å². The zero-order valence-corrected chi connectivity index (χ0v) is 12.1. The zero-order valence-electron chi connectivity index (χ0n) is 11.4. The van der Waals surface area contributed by atoms with Crippen molar-refractivity contribution in [2.75, 3.05) is 26.4 Å². The van der Waals surface area contributed by atoms with E-state index in [9.17, 15) is 0 Å². The van der Waals surface area contributed by atoms with E-state index < -0.39 is 0 Å². The van der Waals surface area contributed by atoms with Crippen LogP contribution in [0.5, 0.6) is 0 Å². The summed E-state index contributed by atoms with van der Waals surface area (Å²) in [6.07, 6.45) is 3.38. The first-order valence-corrected chi connectivity index (χ1v) is 7.30. The first-order chi connectivity index (χ1) is 9.29. The topological polar surface area (TPSA) is 59.2 Å². The molecule has 2 heterocycles. The molecule has 0 aromatic carbocycles. The molecule has 0 bridgehead atoms. The summed E-state index contributed by atoms with van der Waals surface area (Å²) in [5, 5.41) is 3.89. The highest BCUT2D eigenvalue weighted by Crippen LogP contribution is 2.14. The quantitative estimate of drug-likeness (QED) is 0.804. The van der Waals surface area contributed by atoms with Crippen LogP contribution in [0.4, 0.5) is 0 Å². The van der Waals surface area contributed by atoms with Crippen molar-refractivity contribution < 1.29 is 9.47 Å². The molecule has 0 saturated carbocycles. The minimum absolute atomic E-state index is 0.134. The Morgan fingerprint density at radius 3 is 3.11 bits per heavy atom. The van der Waals surface area contributed by atoms with Crippen molar-refractivity contribution in [2.45, 2.75) is 38.8 Å². The van der Waals surface area contributed by atoms with Gasteiger partial charge in [0, 0.05) is 19.5 Å². The fourth-order valence-electron chi connectivity index (χ4n) is 2.03. The van der Waals surface area contributed by atoms with Gasteiger partial charge in [-0.15, -0.1) is 0 Å².